The first-order valence-corrected chi connectivity index (χ1v) is 9.64. The van der Waals surface area contributed by atoms with Crippen LogP contribution in [0.25, 0.3) is 0 Å². The highest BCUT2D eigenvalue weighted by molar-refractivity contribution is 5.87. The number of rotatable bonds is 4. The van der Waals surface area contributed by atoms with Crippen LogP contribution < -0.4 is 10.7 Å². The molecule has 8 nitrogen and oxygen atoms in total. The molecular formula is C18H31N5O3. The fourth-order valence-electron chi connectivity index (χ4n) is 4.37. The summed E-state index contributed by atoms with van der Waals surface area (Å²) in [5.41, 5.74) is 3.10. The Hall–Kier alpha value is -1.83. The molecule has 2 N–H and O–H groups in total. The molecule has 0 radical (unpaired) electrons. The van der Waals surface area contributed by atoms with Crippen LogP contribution in [0.4, 0.5) is 4.79 Å². The second-order valence-electron chi connectivity index (χ2n) is 8.41. The summed E-state index contributed by atoms with van der Waals surface area (Å²) in [6, 6.07) is -0.364. The summed E-state index contributed by atoms with van der Waals surface area (Å²) in [7, 11) is 1.67. The van der Waals surface area contributed by atoms with Gasteiger partial charge in [-0.05, 0) is 39.0 Å². The number of fused-ring (bicyclic) bond motifs is 3. The van der Waals surface area contributed by atoms with Gasteiger partial charge in [0.05, 0.1) is 5.92 Å². The Kier molecular flexibility index (Phi) is 5.14. The van der Waals surface area contributed by atoms with E-state index in [4.69, 9.17) is 0 Å². The van der Waals surface area contributed by atoms with Crippen molar-refractivity contribution in [1.82, 2.24) is 25.6 Å². The Morgan fingerprint density at radius 2 is 1.92 bits per heavy atom. The zero-order valence-corrected chi connectivity index (χ0v) is 16.4. The second kappa shape index (κ2) is 7.06. The molecule has 1 aliphatic carbocycles. The molecule has 3 aliphatic rings. The van der Waals surface area contributed by atoms with Crippen LogP contribution in [0.5, 0.6) is 0 Å². The minimum Gasteiger partial charge on any atom is -0.356 e. The summed E-state index contributed by atoms with van der Waals surface area (Å²) in [4.78, 5) is 41.9. The highest BCUT2D eigenvalue weighted by Gasteiger charge is 2.55. The van der Waals surface area contributed by atoms with Crippen LogP contribution >= 0.6 is 0 Å². The smallest absolute Gasteiger partial charge is 0.337 e. The van der Waals surface area contributed by atoms with Crippen molar-refractivity contribution in [3.63, 3.8) is 0 Å². The van der Waals surface area contributed by atoms with Gasteiger partial charge in [-0.25, -0.2) is 4.79 Å². The number of nitrogens with zero attached hydrogens (tertiary/aromatic N) is 3. The molecule has 0 spiro atoms. The number of hydrazine groups is 1. The van der Waals surface area contributed by atoms with E-state index in [1.54, 1.807) is 16.8 Å². The SMILES string of the molecule is CC(C)CNC(=O)C1CCC2C(=O)N(C(C)C)C3NN(C)C(=O)N3C2C1. The third-order valence-electron chi connectivity index (χ3n) is 5.70. The van der Waals surface area contributed by atoms with Crippen LogP contribution in [0.3, 0.4) is 0 Å². The van der Waals surface area contributed by atoms with Crippen molar-refractivity contribution >= 4 is 17.8 Å². The van der Waals surface area contributed by atoms with Crippen LogP contribution in [0.15, 0.2) is 0 Å². The van der Waals surface area contributed by atoms with E-state index in [9.17, 15) is 14.4 Å². The molecule has 4 atom stereocenters. The minimum atomic E-state index is -0.460. The molecule has 3 rings (SSSR count). The summed E-state index contributed by atoms with van der Waals surface area (Å²) in [6.45, 7) is 8.70. The van der Waals surface area contributed by atoms with Crippen LogP contribution in [0, 0.1) is 17.8 Å². The van der Waals surface area contributed by atoms with Gasteiger partial charge in [0.1, 0.15) is 0 Å². The van der Waals surface area contributed by atoms with E-state index in [2.05, 4.69) is 24.6 Å². The van der Waals surface area contributed by atoms with E-state index in [1.807, 2.05) is 13.8 Å². The first-order valence-electron chi connectivity index (χ1n) is 9.64. The number of hydrogen-bond donors (Lipinski definition) is 2. The highest BCUT2D eigenvalue weighted by Crippen LogP contribution is 2.40. The summed E-state index contributed by atoms with van der Waals surface area (Å²) in [5.74, 6) is 0.157. The van der Waals surface area contributed by atoms with Crippen molar-refractivity contribution in [2.75, 3.05) is 13.6 Å². The summed E-state index contributed by atoms with van der Waals surface area (Å²) < 4.78 is 0. The molecule has 0 aromatic carbocycles. The molecule has 8 heteroatoms. The van der Waals surface area contributed by atoms with Crippen LogP contribution in [-0.4, -0.2) is 64.6 Å². The molecule has 4 amide bonds. The van der Waals surface area contributed by atoms with Gasteiger partial charge < -0.3 is 10.2 Å². The molecule has 1 saturated carbocycles. The van der Waals surface area contributed by atoms with E-state index in [-0.39, 0.29) is 41.8 Å². The van der Waals surface area contributed by atoms with Crippen molar-refractivity contribution in [3.8, 4) is 0 Å². The van der Waals surface area contributed by atoms with Gasteiger partial charge in [-0.2, -0.15) is 5.43 Å². The molecule has 0 aromatic heterocycles. The lowest BCUT2D eigenvalue weighted by Crippen LogP contribution is -2.68. The average molecular weight is 365 g/mol. The number of carbonyl (C=O) groups excluding carboxylic acids is 3. The second-order valence-corrected chi connectivity index (χ2v) is 8.41. The Balaban J connectivity index is 1.81. The fourth-order valence-corrected chi connectivity index (χ4v) is 4.37. The van der Waals surface area contributed by atoms with Gasteiger partial charge in [0, 0.05) is 31.6 Å². The fraction of sp³-hybridized carbons (Fsp3) is 0.833. The molecule has 0 aromatic rings. The van der Waals surface area contributed by atoms with E-state index in [1.165, 1.54) is 5.01 Å². The monoisotopic (exact) mass is 365 g/mol. The molecule has 26 heavy (non-hydrogen) atoms. The van der Waals surface area contributed by atoms with Gasteiger partial charge in [-0.15, -0.1) is 0 Å². The number of nitrogens with one attached hydrogen (secondary N) is 2. The van der Waals surface area contributed by atoms with Crippen molar-refractivity contribution in [1.29, 1.82) is 0 Å². The summed E-state index contributed by atoms with van der Waals surface area (Å²) in [5, 5.41) is 4.44. The Bertz CT molecular complexity index is 593. The van der Waals surface area contributed by atoms with E-state index >= 15 is 0 Å². The molecule has 4 unspecified atom stereocenters. The summed E-state index contributed by atoms with van der Waals surface area (Å²) in [6.07, 6.45) is 1.42. The van der Waals surface area contributed by atoms with Crippen molar-refractivity contribution < 1.29 is 14.4 Å². The quantitative estimate of drug-likeness (QED) is 0.777. The predicted octanol–water partition coefficient (Wildman–Crippen LogP) is 0.950. The largest absolute Gasteiger partial charge is 0.356 e. The van der Waals surface area contributed by atoms with Crippen LogP contribution in [0.2, 0.25) is 0 Å². The Morgan fingerprint density at radius 3 is 2.54 bits per heavy atom. The maximum atomic E-state index is 13.1. The molecule has 0 bridgehead atoms. The third-order valence-corrected chi connectivity index (χ3v) is 5.70. The first-order chi connectivity index (χ1) is 12.2. The van der Waals surface area contributed by atoms with Gasteiger partial charge in [0.15, 0.2) is 6.29 Å². The van der Waals surface area contributed by atoms with Gasteiger partial charge in [0.2, 0.25) is 11.8 Å². The maximum absolute atomic E-state index is 13.1. The lowest BCUT2D eigenvalue weighted by atomic mass is 9.75. The van der Waals surface area contributed by atoms with Gasteiger partial charge in [-0.1, -0.05) is 13.8 Å². The zero-order valence-electron chi connectivity index (χ0n) is 16.4. The number of urea groups is 1. The van der Waals surface area contributed by atoms with Crippen molar-refractivity contribution in [2.24, 2.45) is 17.8 Å². The molecule has 2 saturated heterocycles. The van der Waals surface area contributed by atoms with Gasteiger partial charge in [0.25, 0.3) is 0 Å². The van der Waals surface area contributed by atoms with Crippen molar-refractivity contribution in [3.05, 3.63) is 0 Å². The lowest BCUT2D eigenvalue weighted by Gasteiger charge is -2.51. The van der Waals surface area contributed by atoms with Gasteiger partial charge >= 0.3 is 6.03 Å². The normalized spacial score (nSPS) is 31.6. The first kappa shape index (κ1) is 18.9. The van der Waals surface area contributed by atoms with E-state index in [0.29, 0.717) is 31.7 Å². The zero-order chi connectivity index (χ0) is 19.2. The third kappa shape index (κ3) is 3.15. The molecule has 2 aliphatic heterocycles. The average Bonchev–Trinajstić information content (AvgIpc) is 2.87. The van der Waals surface area contributed by atoms with Crippen molar-refractivity contribution in [2.45, 2.75) is 65.3 Å². The standard InChI is InChI=1S/C18H31N5O3/c1-10(2)9-19-15(24)12-6-7-13-14(8-12)23-17(20-21(5)18(23)26)22(11(3)4)16(13)25/h10-14,17,20H,6-9H2,1-5H3,(H,19,24). The minimum absolute atomic E-state index is 0.00480. The van der Waals surface area contributed by atoms with Crippen LogP contribution in [0.1, 0.15) is 47.0 Å². The topological polar surface area (TPSA) is 85.0 Å². The number of hydrogen-bond acceptors (Lipinski definition) is 4. The molecule has 2 heterocycles. The highest BCUT2D eigenvalue weighted by atomic mass is 16.2. The van der Waals surface area contributed by atoms with Crippen LogP contribution in [-0.2, 0) is 9.59 Å². The molecule has 3 fully saturated rings. The maximum Gasteiger partial charge on any atom is 0.337 e. The Labute approximate surface area is 155 Å². The Morgan fingerprint density at radius 1 is 1.23 bits per heavy atom. The summed E-state index contributed by atoms with van der Waals surface area (Å²) >= 11 is 0. The predicted molar refractivity (Wildman–Crippen MR) is 96.4 cm³/mol. The van der Waals surface area contributed by atoms with E-state index < -0.39 is 6.29 Å². The van der Waals surface area contributed by atoms with Gasteiger partial charge in [-0.3, -0.25) is 19.5 Å². The molecular weight excluding hydrogens is 334 g/mol. The van der Waals surface area contributed by atoms with E-state index in [0.717, 1.165) is 0 Å². The lowest BCUT2D eigenvalue weighted by molar-refractivity contribution is -0.161. The molecule has 146 valence electrons. The number of amides is 4. The number of carbonyl (C=O) groups is 3.